The molecule has 0 aliphatic rings. The van der Waals surface area contributed by atoms with Gasteiger partial charge in [0, 0.05) is 6.42 Å². The smallest absolute Gasteiger partial charge is 0.256 e. The van der Waals surface area contributed by atoms with Crippen molar-refractivity contribution in [3.05, 3.63) is 35.9 Å². The summed E-state index contributed by atoms with van der Waals surface area (Å²) >= 11 is 0. The van der Waals surface area contributed by atoms with E-state index in [-0.39, 0.29) is 6.01 Å². The first-order chi connectivity index (χ1) is 8.38. The van der Waals surface area contributed by atoms with Gasteiger partial charge < -0.3 is 0 Å². The lowest BCUT2D eigenvalue weighted by Crippen LogP contribution is -2.38. The lowest BCUT2D eigenvalue weighted by molar-refractivity contribution is -0.812. The minimum atomic E-state index is 0.0553. The molecule has 2 rings (SSSR count). The Morgan fingerprint density at radius 3 is 2.94 bits per heavy atom. The van der Waals surface area contributed by atoms with Crippen molar-refractivity contribution >= 4 is 12.0 Å². The van der Waals surface area contributed by atoms with Crippen LogP contribution in [0.2, 0.25) is 0 Å². The molecule has 0 fully saturated rings. The second-order valence-corrected chi connectivity index (χ2v) is 3.46. The Bertz CT molecular complexity index is 516. The van der Waals surface area contributed by atoms with Crippen LogP contribution in [0.15, 0.2) is 39.8 Å². The van der Waals surface area contributed by atoms with Gasteiger partial charge in [0.25, 0.3) is 0 Å². The molecule has 2 aromatic rings. The summed E-state index contributed by atoms with van der Waals surface area (Å²) in [6.45, 7) is 0.659. The van der Waals surface area contributed by atoms with Gasteiger partial charge in [0.2, 0.25) is 11.8 Å². The zero-order chi connectivity index (χ0) is 11.9. The Balaban J connectivity index is 1.84. The average molecular weight is 230 g/mol. The summed E-state index contributed by atoms with van der Waals surface area (Å²) in [5.41, 5.74) is 1.29. The number of benzene rings is 1. The molecule has 1 aromatic heterocycles. The van der Waals surface area contributed by atoms with E-state index in [2.05, 4.69) is 27.5 Å². The summed E-state index contributed by atoms with van der Waals surface area (Å²) < 4.78 is 4.76. The maximum atomic E-state index is 6.65. The molecule has 86 valence electrons. The van der Waals surface area contributed by atoms with Gasteiger partial charge in [0.1, 0.15) is 0 Å². The third kappa shape index (κ3) is 3.32. The van der Waals surface area contributed by atoms with Crippen molar-refractivity contribution < 1.29 is 9.32 Å². The summed E-state index contributed by atoms with van der Waals surface area (Å²) in [7, 11) is 0. The van der Waals surface area contributed by atoms with Gasteiger partial charge in [0.05, 0.1) is 15.9 Å². The SMILES string of the molecule is N=C=Nc1n[n+](CCCc2ccccc2)no1. The number of nitrogens with zero attached hydrogens (tertiary/aromatic N) is 4. The van der Waals surface area contributed by atoms with Gasteiger partial charge in [-0.05, 0) is 12.0 Å². The molecule has 0 radical (unpaired) electrons. The first kappa shape index (κ1) is 11.2. The van der Waals surface area contributed by atoms with Crippen LogP contribution in [0.3, 0.4) is 0 Å². The molecule has 6 nitrogen and oxygen atoms in total. The van der Waals surface area contributed by atoms with Crippen molar-refractivity contribution in [2.24, 2.45) is 4.99 Å². The Hall–Kier alpha value is -2.33. The molecule has 0 bridgehead atoms. The van der Waals surface area contributed by atoms with Crippen LogP contribution in [-0.4, -0.2) is 16.4 Å². The monoisotopic (exact) mass is 230 g/mol. The zero-order valence-corrected chi connectivity index (χ0v) is 9.21. The predicted molar refractivity (Wildman–Crippen MR) is 59.1 cm³/mol. The molecule has 1 N–H and O–H groups in total. The number of hydrogen-bond donors (Lipinski definition) is 1. The third-order valence-corrected chi connectivity index (χ3v) is 2.24. The highest BCUT2D eigenvalue weighted by Crippen LogP contribution is 2.02. The second kappa shape index (κ2) is 5.67. The molecule has 0 unspecified atom stereocenters. The summed E-state index contributed by atoms with van der Waals surface area (Å²) in [6, 6.07) is 12.1. The number of aromatic nitrogens is 3. The molecule has 1 aromatic carbocycles. The first-order valence-corrected chi connectivity index (χ1v) is 5.29. The molecule has 0 aliphatic carbocycles. The van der Waals surface area contributed by atoms with E-state index in [9.17, 15) is 0 Å². The largest absolute Gasteiger partial charge is 0.423 e. The van der Waals surface area contributed by atoms with Crippen LogP contribution < -0.4 is 4.80 Å². The van der Waals surface area contributed by atoms with Crippen LogP contribution in [0.5, 0.6) is 0 Å². The predicted octanol–water partition coefficient (Wildman–Crippen LogP) is 1.37. The second-order valence-electron chi connectivity index (χ2n) is 3.46. The van der Waals surface area contributed by atoms with Gasteiger partial charge in [-0.25, -0.2) is 5.41 Å². The summed E-state index contributed by atoms with van der Waals surface area (Å²) in [5.74, 6) is 0. The van der Waals surface area contributed by atoms with Crippen molar-refractivity contribution in [3.8, 4) is 0 Å². The average Bonchev–Trinajstić information content (AvgIpc) is 2.79. The van der Waals surface area contributed by atoms with Crippen molar-refractivity contribution in [1.29, 1.82) is 5.41 Å². The fraction of sp³-hybridized carbons (Fsp3) is 0.273. The van der Waals surface area contributed by atoms with E-state index < -0.39 is 0 Å². The van der Waals surface area contributed by atoms with Crippen molar-refractivity contribution in [2.75, 3.05) is 0 Å². The highest BCUT2D eigenvalue weighted by molar-refractivity contribution is 5.41. The molecule has 1 heterocycles. The topological polar surface area (TPSA) is 79.0 Å². The maximum Gasteiger partial charge on any atom is 0.423 e. The lowest BCUT2D eigenvalue weighted by atomic mass is 10.1. The molecule has 6 heteroatoms. The fourth-order valence-electron chi connectivity index (χ4n) is 1.47. The van der Waals surface area contributed by atoms with E-state index in [0.29, 0.717) is 6.54 Å². The number of hydrogen-bond acceptors (Lipinski definition) is 5. The van der Waals surface area contributed by atoms with E-state index >= 15 is 0 Å². The molecule has 0 spiro atoms. The quantitative estimate of drug-likeness (QED) is 0.622. The lowest BCUT2D eigenvalue weighted by Gasteiger charge is -1.95. The van der Waals surface area contributed by atoms with E-state index in [0.717, 1.165) is 12.8 Å². The fourth-order valence-corrected chi connectivity index (χ4v) is 1.47. The minimum Gasteiger partial charge on any atom is -0.256 e. The van der Waals surface area contributed by atoms with Crippen LogP contribution in [0, 0.1) is 5.41 Å². The van der Waals surface area contributed by atoms with Gasteiger partial charge in [0.15, 0.2) is 0 Å². The summed E-state index contributed by atoms with van der Waals surface area (Å²) in [5, 5.41) is 14.2. The van der Waals surface area contributed by atoms with Crippen LogP contribution in [0.4, 0.5) is 6.01 Å². The van der Waals surface area contributed by atoms with E-state index in [4.69, 9.17) is 9.93 Å². The van der Waals surface area contributed by atoms with Crippen LogP contribution in [0.25, 0.3) is 0 Å². The van der Waals surface area contributed by atoms with Crippen LogP contribution in [0.1, 0.15) is 12.0 Å². The minimum absolute atomic E-state index is 0.0553. The highest BCUT2D eigenvalue weighted by atomic mass is 16.5. The Labute approximate surface area is 98.1 Å². The molecular formula is C11H12N5O+. The van der Waals surface area contributed by atoms with Crippen molar-refractivity contribution in [2.45, 2.75) is 19.4 Å². The van der Waals surface area contributed by atoms with E-state index in [1.54, 1.807) is 0 Å². The molecule has 0 atom stereocenters. The van der Waals surface area contributed by atoms with Crippen molar-refractivity contribution in [1.82, 2.24) is 10.4 Å². The summed E-state index contributed by atoms with van der Waals surface area (Å²) in [6.07, 6.45) is 1.88. The molecule has 0 saturated carbocycles. The van der Waals surface area contributed by atoms with Gasteiger partial charge in [-0.3, -0.25) is 4.52 Å². The van der Waals surface area contributed by atoms with Gasteiger partial charge in [-0.2, -0.15) is 0 Å². The Morgan fingerprint density at radius 2 is 2.18 bits per heavy atom. The van der Waals surface area contributed by atoms with Crippen LogP contribution >= 0.6 is 0 Å². The molecule has 0 aliphatic heterocycles. The molecule has 0 saturated heterocycles. The van der Waals surface area contributed by atoms with Gasteiger partial charge in [-0.1, -0.05) is 30.3 Å². The third-order valence-electron chi connectivity index (χ3n) is 2.24. The highest BCUT2D eigenvalue weighted by Gasteiger charge is 2.12. The van der Waals surface area contributed by atoms with Gasteiger partial charge in [-0.15, -0.1) is 4.99 Å². The van der Waals surface area contributed by atoms with Crippen LogP contribution in [-0.2, 0) is 13.0 Å². The normalized spacial score (nSPS) is 9.88. The first-order valence-electron chi connectivity index (χ1n) is 5.29. The Morgan fingerprint density at radius 1 is 1.35 bits per heavy atom. The molecule has 0 amide bonds. The van der Waals surface area contributed by atoms with E-state index in [1.807, 2.05) is 24.2 Å². The standard InChI is InChI=1S/C11H12N5O/c12-9-13-11-14-16(15-17-11)8-4-7-10-5-2-1-3-6-10/h1-3,5-6,12H,4,7-8H2/q+1. The number of aliphatic imine (C=N–C) groups is 1. The molecule has 17 heavy (non-hydrogen) atoms. The zero-order valence-electron chi connectivity index (χ0n) is 9.21. The summed E-state index contributed by atoms with van der Waals surface area (Å²) in [4.78, 5) is 4.88. The molecular weight excluding hydrogens is 218 g/mol. The van der Waals surface area contributed by atoms with Crippen molar-refractivity contribution in [3.63, 3.8) is 0 Å². The van der Waals surface area contributed by atoms with Gasteiger partial charge >= 0.3 is 6.01 Å². The number of nitrogens with one attached hydrogen (secondary N) is 1. The maximum absolute atomic E-state index is 6.65. The van der Waals surface area contributed by atoms with E-state index in [1.165, 1.54) is 10.4 Å². The Kier molecular flexibility index (Phi) is 3.72. The number of aryl methyl sites for hydroxylation is 2. The number of rotatable bonds is 5.